The first-order chi connectivity index (χ1) is 8.73. The van der Waals surface area contributed by atoms with Gasteiger partial charge in [-0.1, -0.05) is 22.0 Å². The predicted molar refractivity (Wildman–Crippen MR) is 73.5 cm³/mol. The van der Waals surface area contributed by atoms with Gasteiger partial charge in [-0.2, -0.15) is 5.26 Å². The van der Waals surface area contributed by atoms with Crippen LogP contribution in [0.3, 0.4) is 0 Å². The monoisotopic (exact) mass is 305 g/mol. The number of rotatable bonds is 4. The lowest BCUT2D eigenvalue weighted by molar-refractivity contribution is 0.270. The van der Waals surface area contributed by atoms with Crippen molar-refractivity contribution in [2.75, 3.05) is 6.61 Å². The third kappa shape index (κ3) is 2.14. The van der Waals surface area contributed by atoms with E-state index in [0.29, 0.717) is 0 Å². The number of nitrogens with zero attached hydrogens (tertiary/aromatic N) is 1. The summed E-state index contributed by atoms with van der Waals surface area (Å²) < 4.78 is 6.96. The van der Waals surface area contributed by atoms with E-state index in [0.717, 1.165) is 47.6 Å². The zero-order chi connectivity index (χ0) is 12.6. The minimum atomic E-state index is -0.292. The van der Waals surface area contributed by atoms with Crippen molar-refractivity contribution >= 4 is 15.9 Å². The van der Waals surface area contributed by atoms with Gasteiger partial charge in [-0.05, 0) is 50.2 Å². The summed E-state index contributed by atoms with van der Waals surface area (Å²) in [7, 11) is 0. The SMILES string of the molecule is N#CC1(c2ccc(Br)cc2OCC2CC2)CCC1. The van der Waals surface area contributed by atoms with E-state index in [1.54, 1.807) is 0 Å². The first kappa shape index (κ1) is 12.0. The highest BCUT2D eigenvalue weighted by molar-refractivity contribution is 9.10. The van der Waals surface area contributed by atoms with Gasteiger partial charge in [0.25, 0.3) is 0 Å². The fourth-order valence-electron chi connectivity index (χ4n) is 2.47. The Hall–Kier alpha value is -1.01. The molecule has 3 rings (SSSR count). The van der Waals surface area contributed by atoms with Crippen LogP contribution in [0.4, 0.5) is 0 Å². The maximum Gasteiger partial charge on any atom is 0.125 e. The summed E-state index contributed by atoms with van der Waals surface area (Å²) in [6.07, 6.45) is 5.64. The molecule has 2 saturated carbocycles. The van der Waals surface area contributed by atoms with Crippen LogP contribution in [0.2, 0.25) is 0 Å². The van der Waals surface area contributed by atoms with E-state index in [9.17, 15) is 5.26 Å². The van der Waals surface area contributed by atoms with E-state index in [1.165, 1.54) is 12.8 Å². The van der Waals surface area contributed by atoms with Gasteiger partial charge in [-0.15, -0.1) is 0 Å². The van der Waals surface area contributed by atoms with Crippen molar-refractivity contribution in [1.82, 2.24) is 0 Å². The molecule has 0 radical (unpaired) electrons. The van der Waals surface area contributed by atoms with E-state index in [1.807, 2.05) is 12.1 Å². The van der Waals surface area contributed by atoms with Crippen molar-refractivity contribution in [3.63, 3.8) is 0 Å². The molecule has 3 heteroatoms. The molecule has 0 amide bonds. The van der Waals surface area contributed by atoms with Gasteiger partial charge in [0.05, 0.1) is 18.1 Å². The highest BCUT2D eigenvalue weighted by atomic mass is 79.9. The second-order valence-electron chi connectivity index (χ2n) is 5.44. The van der Waals surface area contributed by atoms with Crippen molar-refractivity contribution in [3.8, 4) is 11.8 Å². The normalized spacial score (nSPS) is 20.9. The molecule has 18 heavy (non-hydrogen) atoms. The summed E-state index contributed by atoms with van der Waals surface area (Å²) in [6, 6.07) is 8.57. The number of benzene rings is 1. The van der Waals surface area contributed by atoms with Crippen LogP contribution in [0.25, 0.3) is 0 Å². The van der Waals surface area contributed by atoms with E-state index in [2.05, 4.69) is 28.1 Å². The van der Waals surface area contributed by atoms with Crippen LogP contribution in [0.1, 0.15) is 37.7 Å². The quantitative estimate of drug-likeness (QED) is 0.836. The Morgan fingerprint density at radius 3 is 2.72 bits per heavy atom. The molecule has 0 heterocycles. The second kappa shape index (κ2) is 4.59. The minimum Gasteiger partial charge on any atom is -0.493 e. The summed E-state index contributed by atoms with van der Waals surface area (Å²) in [6.45, 7) is 0.797. The molecule has 2 aliphatic carbocycles. The Labute approximate surface area is 116 Å². The minimum absolute atomic E-state index is 0.292. The summed E-state index contributed by atoms with van der Waals surface area (Å²) in [5, 5.41) is 9.46. The number of hydrogen-bond donors (Lipinski definition) is 0. The lowest BCUT2D eigenvalue weighted by Crippen LogP contribution is -2.32. The van der Waals surface area contributed by atoms with Gasteiger partial charge in [0, 0.05) is 10.0 Å². The molecule has 0 spiro atoms. The standard InChI is InChI=1S/C15H16BrNO/c16-12-4-5-13(15(10-17)6-1-7-15)14(8-12)18-9-11-2-3-11/h4-5,8,11H,1-3,6-7,9H2. The van der Waals surface area contributed by atoms with Gasteiger partial charge < -0.3 is 4.74 Å². The first-order valence-electron chi connectivity index (χ1n) is 6.58. The Morgan fingerprint density at radius 2 is 2.17 bits per heavy atom. The van der Waals surface area contributed by atoms with Crippen molar-refractivity contribution in [2.45, 2.75) is 37.5 Å². The lowest BCUT2D eigenvalue weighted by Gasteiger charge is -2.36. The van der Waals surface area contributed by atoms with Gasteiger partial charge in [0.2, 0.25) is 0 Å². The van der Waals surface area contributed by atoms with Crippen molar-refractivity contribution in [1.29, 1.82) is 5.26 Å². The number of hydrogen-bond acceptors (Lipinski definition) is 2. The van der Waals surface area contributed by atoms with Crippen molar-refractivity contribution < 1.29 is 4.74 Å². The molecule has 2 aliphatic rings. The maximum absolute atomic E-state index is 9.46. The zero-order valence-electron chi connectivity index (χ0n) is 10.3. The van der Waals surface area contributed by atoms with Crippen molar-refractivity contribution in [2.24, 2.45) is 5.92 Å². The molecule has 2 fully saturated rings. The molecule has 0 atom stereocenters. The van der Waals surface area contributed by atoms with Gasteiger partial charge in [0.15, 0.2) is 0 Å². The highest BCUT2D eigenvalue weighted by Crippen LogP contribution is 2.47. The summed E-state index contributed by atoms with van der Waals surface area (Å²) in [4.78, 5) is 0. The van der Waals surface area contributed by atoms with Gasteiger partial charge in [-0.25, -0.2) is 0 Å². The molecule has 0 unspecified atom stereocenters. The number of ether oxygens (including phenoxy) is 1. The smallest absolute Gasteiger partial charge is 0.125 e. The maximum atomic E-state index is 9.46. The summed E-state index contributed by atoms with van der Waals surface area (Å²) in [5.74, 6) is 1.63. The van der Waals surface area contributed by atoms with Crippen LogP contribution < -0.4 is 4.74 Å². The molecule has 1 aromatic carbocycles. The predicted octanol–water partition coefficient (Wildman–Crippen LogP) is 4.18. The van der Waals surface area contributed by atoms with Crippen LogP contribution in [0.5, 0.6) is 5.75 Å². The van der Waals surface area contributed by atoms with Crippen molar-refractivity contribution in [3.05, 3.63) is 28.2 Å². The molecule has 0 saturated heterocycles. The molecular weight excluding hydrogens is 290 g/mol. The van der Waals surface area contributed by atoms with Gasteiger partial charge in [-0.3, -0.25) is 0 Å². The molecule has 1 aromatic rings. The largest absolute Gasteiger partial charge is 0.493 e. The summed E-state index contributed by atoms with van der Waals surface area (Å²) in [5.41, 5.74) is 0.791. The summed E-state index contributed by atoms with van der Waals surface area (Å²) >= 11 is 3.48. The van der Waals surface area contributed by atoms with Gasteiger partial charge in [0.1, 0.15) is 5.75 Å². The fourth-order valence-corrected chi connectivity index (χ4v) is 2.81. The average Bonchev–Trinajstić information content (AvgIpc) is 3.12. The van der Waals surface area contributed by atoms with Crippen LogP contribution in [-0.4, -0.2) is 6.61 Å². The Balaban J connectivity index is 1.89. The Kier molecular flexibility index (Phi) is 3.07. The first-order valence-corrected chi connectivity index (χ1v) is 7.37. The van der Waals surface area contributed by atoms with Crippen LogP contribution in [0.15, 0.2) is 22.7 Å². The van der Waals surface area contributed by atoms with Crippen LogP contribution in [0, 0.1) is 17.2 Å². The van der Waals surface area contributed by atoms with Crippen LogP contribution in [-0.2, 0) is 5.41 Å². The Morgan fingerprint density at radius 1 is 1.39 bits per heavy atom. The van der Waals surface area contributed by atoms with Gasteiger partial charge >= 0.3 is 0 Å². The number of halogens is 1. The molecule has 94 valence electrons. The number of nitriles is 1. The molecule has 0 bridgehead atoms. The van der Waals surface area contributed by atoms with E-state index < -0.39 is 0 Å². The van der Waals surface area contributed by atoms with E-state index >= 15 is 0 Å². The van der Waals surface area contributed by atoms with E-state index in [4.69, 9.17) is 4.74 Å². The lowest BCUT2D eigenvalue weighted by atomic mass is 9.65. The average molecular weight is 306 g/mol. The fraction of sp³-hybridized carbons (Fsp3) is 0.533. The molecule has 0 aromatic heterocycles. The third-order valence-corrected chi connectivity index (χ3v) is 4.55. The highest BCUT2D eigenvalue weighted by Gasteiger charge is 2.41. The molecule has 2 nitrogen and oxygen atoms in total. The second-order valence-corrected chi connectivity index (χ2v) is 6.36. The van der Waals surface area contributed by atoms with E-state index in [-0.39, 0.29) is 5.41 Å². The molecule has 0 N–H and O–H groups in total. The zero-order valence-corrected chi connectivity index (χ0v) is 11.9. The molecular formula is C15H16BrNO. The molecule has 0 aliphatic heterocycles. The van der Waals surface area contributed by atoms with Crippen LogP contribution >= 0.6 is 15.9 Å². The Bertz CT molecular complexity index is 498. The topological polar surface area (TPSA) is 33.0 Å². The third-order valence-electron chi connectivity index (χ3n) is 4.05.